The maximum Gasteiger partial charge on any atom is 0.293 e. The van der Waals surface area contributed by atoms with Crippen LogP contribution in [-0.2, 0) is 6.54 Å². The summed E-state index contributed by atoms with van der Waals surface area (Å²) in [5.74, 6) is 1.01. The number of ether oxygens (including phenoxy) is 3. The summed E-state index contributed by atoms with van der Waals surface area (Å²) in [6.45, 7) is 6.21. The van der Waals surface area contributed by atoms with Gasteiger partial charge in [-0.2, -0.15) is 9.78 Å². The Morgan fingerprint density at radius 2 is 1.81 bits per heavy atom. The third-order valence-corrected chi connectivity index (χ3v) is 5.19. The maximum absolute atomic E-state index is 13.0. The summed E-state index contributed by atoms with van der Waals surface area (Å²) in [4.78, 5) is 15.2. The number of anilines is 1. The Morgan fingerprint density at radius 1 is 1.14 bits per heavy atom. The third-order valence-electron chi connectivity index (χ3n) is 5.19. The molecule has 0 saturated heterocycles. The van der Waals surface area contributed by atoms with Crippen LogP contribution in [0.25, 0.3) is 5.82 Å². The number of amides is 1. The molecule has 1 aromatic carbocycles. The molecule has 3 aromatic rings. The third kappa shape index (κ3) is 5.89. The van der Waals surface area contributed by atoms with Crippen LogP contribution in [0.15, 0.2) is 21.9 Å². The van der Waals surface area contributed by atoms with E-state index in [1.807, 2.05) is 0 Å². The maximum atomic E-state index is 13.0. The summed E-state index contributed by atoms with van der Waals surface area (Å²) in [6.07, 6.45) is 3.33. The van der Waals surface area contributed by atoms with E-state index in [4.69, 9.17) is 24.6 Å². The summed E-state index contributed by atoms with van der Waals surface area (Å²) in [5.41, 5.74) is 9.54. The fraction of sp³-hybridized carbons (Fsp3) is 0.455. The number of nitrogens with one attached hydrogen (secondary N) is 1. The molecule has 0 aliphatic heterocycles. The number of carbonyl (C=O) groups excluding carboxylic acids is 1. The molecule has 2 heterocycles. The molecule has 3 N–H and O–H groups in total. The Morgan fingerprint density at radius 3 is 2.33 bits per heavy atom. The van der Waals surface area contributed by atoms with Gasteiger partial charge in [-0.15, -0.1) is 5.10 Å². The normalized spacial score (nSPS) is 11.3. The van der Waals surface area contributed by atoms with Crippen molar-refractivity contribution in [2.45, 2.75) is 33.2 Å². The Labute approximate surface area is 208 Å². The quantitative estimate of drug-likeness (QED) is 0.258. The molecule has 0 radical (unpaired) electrons. The molecule has 14 heteroatoms. The monoisotopic (exact) mass is 501 g/mol. The molecular weight excluding hydrogens is 470 g/mol. The summed E-state index contributed by atoms with van der Waals surface area (Å²) in [6, 6.07) is 3.40. The number of aromatic nitrogens is 5. The molecule has 194 valence electrons. The van der Waals surface area contributed by atoms with Gasteiger partial charge in [-0.25, -0.2) is 10.1 Å². The highest BCUT2D eigenvalue weighted by Crippen LogP contribution is 2.37. The molecule has 0 aliphatic rings. The number of rotatable bonds is 13. The molecule has 0 atom stereocenters. The largest absolute Gasteiger partial charge is 0.493 e. The molecule has 1 amide bonds. The Hall–Kier alpha value is -4.20. The first-order chi connectivity index (χ1) is 17.5. The van der Waals surface area contributed by atoms with Crippen molar-refractivity contribution in [1.82, 2.24) is 35.6 Å². The fourth-order valence-electron chi connectivity index (χ4n) is 3.64. The van der Waals surface area contributed by atoms with E-state index in [0.29, 0.717) is 35.1 Å². The first-order valence-corrected chi connectivity index (χ1v) is 11.4. The van der Waals surface area contributed by atoms with Gasteiger partial charge >= 0.3 is 0 Å². The van der Waals surface area contributed by atoms with Gasteiger partial charge in [0.25, 0.3) is 5.91 Å². The van der Waals surface area contributed by atoms with Crippen molar-refractivity contribution in [3.63, 3.8) is 0 Å². The molecule has 14 nitrogen and oxygen atoms in total. The van der Waals surface area contributed by atoms with Gasteiger partial charge in [-0.1, -0.05) is 19.1 Å². The number of nitrogens with two attached hydrogens (primary N) is 1. The highest BCUT2D eigenvalue weighted by molar-refractivity contribution is 5.94. The topological polar surface area (TPSA) is 168 Å². The molecular formula is C22H31N9O5. The average molecular weight is 502 g/mol. The van der Waals surface area contributed by atoms with Gasteiger partial charge in [0.05, 0.1) is 33.2 Å². The predicted molar refractivity (Wildman–Crippen MR) is 131 cm³/mol. The van der Waals surface area contributed by atoms with Gasteiger partial charge in [0, 0.05) is 12.1 Å². The van der Waals surface area contributed by atoms with Crippen molar-refractivity contribution < 1.29 is 23.6 Å². The van der Waals surface area contributed by atoms with Crippen molar-refractivity contribution in [2.24, 2.45) is 5.10 Å². The molecule has 0 saturated carbocycles. The van der Waals surface area contributed by atoms with E-state index in [1.165, 1.54) is 32.2 Å². The van der Waals surface area contributed by atoms with Crippen LogP contribution in [0.5, 0.6) is 17.2 Å². The van der Waals surface area contributed by atoms with E-state index in [2.05, 4.69) is 49.9 Å². The molecule has 0 spiro atoms. The molecule has 0 unspecified atom stereocenters. The number of carbonyl (C=O) groups is 1. The van der Waals surface area contributed by atoms with E-state index in [0.717, 1.165) is 25.9 Å². The molecule has 3 rings (SSSR count). The lowest BCUT2D eigenvalue weighted by Crippen LogP contribution is -2.28. The lowest BCUT2D eigenvalue weighted by Gasteiger charge is -2.21. The Bertz CT molecular complexity index is 1160. The van der Waals surface area contributed by atoms with Gasteiger partial charge in [-0.3, -0.25) is 9.69 Å². The second-order valence-electron chi connectivity index (χ2n) is 7.70. The highest BCUT2D eigenvalue weighted by Gasteiger charge is 2.25. The first kappa shape index (κ1) is 26.4. The van der Waals surface area contributed by atoms with Gasteiger partial charge in [0.1, 0.15) is 0 Å². The van der Waals surface area contributed by atoms with Crippen molar-refractivity contribution in [2.75, 3.05) is 40.2 Å². The van der Waals surface area contributed by atoms with Crippen molar-refractivity contribution in [1.29, 1.82) is 0 Å². The second-order valence-corrected chi connectivity index (χ2v) is 7.70. The van der Waals surface area contributed by atoms with E-state index < -0.39 is 5.91 Å². The van der Waals surface area contributed by atoms with Gasteiger partial charge < -0.3 is 19.9 Å². The number of methoxy groups -OCH3 is 3. The summed E-state index contributed by atoms with van der Waals surface area (Å²) in [5, 5.41) is 19.6. The average Bonchev–Trinajstić information content (AvgIpc) is 3.49. The predicted octanol–water partition coefficient (Wildman–Crippen LogP) is 1.64. The smallest absolute Gasteiger partial charge is 0.293 e. The first-order valence-electron chi connectivity index (χ1n) is 11.4. The molecule has 0 bridgehead atoms. The number of hydrogen-bond acceptors (Lipinski definition) is 12. The number of nitrogens with zero attached hydrogens (tertiary/aromatic N) is 7. The van der Waals surface area contributed by atoms with Gasteiger partial charge in [-0.05, 0) is 48.4 Å². The van der Waals surface area contributed by atoms with Gasteiger partial charge in [0.15, 0.2) is 17.2 Å². The molecule has 0 aliphatic carbocycles. The fourth-order valence-corrected chi connectivity index (χ4v) is 3.64. The number of hydrogen-bond donors (Lipinski definition) is 2. The summed E-state index contributed by atoms with van der Waals surface area (Å²) < 4.78 is 22.1. The van der Waals surface area contributed by atoms with E-state index in [-0.39, 0.29) is 17.3 Å². The molecule has 2 aromatic heterocycles. The van der Waals surface area contributed by atoms with Gasteiger partial charge in [0.2, 0.25) is 17.4 Å². The van der Waals surface area contributed by atoms with Crippen molar-refractivity contribution in [3.05, 3.63) is 29.1 Å². The van der Waals surface area contributed by atoms with Crippen LogP contribution in [0.1, 0.15) is 48.4 Å². The van der Waals surface area contributed by atoms with Crippen LogP contribution < -0.4 is 25.4 Å². The van der Waals surface area contributed by atoms with E-state index in [9.17, 15) is 4.79 Å². The lowest BCUT2D eigenvalue weighted by atomic mass is 10.2. The Kier molecular flexibility index (Phi) is 9.16. The minimum absolute atomic E-state index is 0.0334. The number of nitrogen functional groups attached to an aromatic ring is 1. The Balaban J connectivity index is 1.88. The minimum atomic E-state index is -0.553. The van der Waals surface area contributed by atoms with Crippen LogP contribution in [0.2, 0.25) is 0 Å². The number of hydrazone groups is 1. The summed E-state index contributed by atoms with van der Waals surface area (Å²) in [7, 11) is 4.55. The van der Waals surface area contributed by atoms with Crippen molar-refractivity contribution in [3.8, 4) is 23.1 Å². The number of benzene rings is 1. The standard InChI is InChI=1S/C22H31N9O5/c1-6-8-30(9-7-2)13-15-18(25-29-31(15)21-20(23)27-36-28-21)22(32)26-24-12-14-10-16(33-3)19(35-5)17(11-14)34-4/h10-12H,6-9,13H2,1-5H3,(H2,23,27)(H,26,32)/b24-12-. The lowest BCUT2D eigenvalue weighted by molar-refractivity contribution is 0.0947. The highest BCUT2D eigenvalue weighted by atomic mass is 16.6. The van der Waals surface area contributed by atoms with Crippen LogP contribution in [-0.4, -0.2) is 76.7 Å². The van der Waals surface area contributed by atoms with Crippen LogP contribution in [0.3, 0.4) is 0 Å². The zero-order valence-electron chi connectivity index (χ0n) is 21.0. The minimum Gasteiger partial charge on any atom is -0.493 e. The van der Waals surface area contributed by atoms with Crippen molar-refractivity contribution >= 4 is 17.9 Å². The zero-order chi connectivity index (χ0) is 26.1. The summed E-state index contributed by atoms with van der Waals surface area (Å²) >= 11 is 0. The molecule has 36 heavy (non-hydrogen) atoms. The van der Waals surface area contributed by atoms with Crippen LogP contribution in [0.4, 0.5) is 5.82 Å². The van der Waals surface area contributed by atoms with E-state index >= 15 is 0 Å². The zero-order valence-corrected chi connectivity index (χ0v) is 21.0. The van der Waals surface area contributed by atoms with Crippen LogP contribution in [0, 0.1) is 0 Å². The molecule has 0 fully saturated rings. The second kappa shape index (κ2) is 12.5. The van der Waals surface area contributed by atoms with Crippen LogP contribution >= 0.6 is 0 Å². The SMILES string of the molecule is CCCN(CCC)Cc1c(C(=O)N/N=C\c2cc(OC)c(OC)c(OC)c2)nnn1-c1nonc1N. The van der Waals surface area contributed by atoms with E-state index in [1.54, 1.807) is 12.1 Å².